The summed E-state index contributed by atoms with van der Waals surface area (Å²) in [5.74, 6) is 1.77. The highest BCUT2D eigenvalue weighted by Crippen LogP contribution is 2.32. The van der Waals surface area contributed by atoms with Crippen LogP contribution >= 0.6 is 0 Å². The maximum absolute atomic E-state index is 11.8. The molecular formula is C13H18N4O2. The van der Waals surface area contributed by atoms with Crippen LogP contribution in [0.25, 0.3) is 0 Å². The molecule has 0 bridgehead atoms. The van der Waals surface area contributed by atoms with Gasteiger partial charge in [0.15, 0.2) is 5.82 Å². The molecule has 102 valence electrons. The van der Waals surface area contributed by atoms with E-state index in [4.69, 9.17) is 4.74 Å². The van der Waals surface area contributed by atoms with Crippen molar-refractivity contribution in [1.82, 2.24) is 14.9 Å². The normalized spacial score (nSPS) is 22.7. The Bertz CT molecular complexity index is 475. The Kier molecular flexibility index (Phi) is 3.23. The Balaban J connectivity index is 1.56. The molecule has 0 radical (unpaired) electrons. The van der Waals surface area contributed by atoms with E-state index in [0.29, 0.717) is 36.0 Å². The number of likely N-dealkylation sites (tertiary alicyclic amines) is 1. The minimum atomic E-state index is 0.292. The van der Waals surface area contributed by atoms with Gasteiger partial charge in [0.05, 0.1) is 7.11 Å². The van der Waals surface area contributed by atoms with Crippen molar-refractivity contribution >= 4 is 11.7 Å². The second-order valence-electron chi connectivity index (χ2n) is 5.14. The lowest BCUT2D eigenvalue weighted by Crippen LogP contribution is -2.28. The molecule has 1 aliphatic carbocycles. The largest absolute Gasteiger partial charge is 0.478 e. The monoisotopic (exact) mass is 262 g/mol. The molecule has 1 aliphatic heterocycles. The van der Waals surface area contributed by atoms with Crippen LogP contribution < -0.4 is 10.1 Å². The Labute approximate surface area is 112 Å². The van der Waals surface area contributed by atoms with Crippen molar-refractivity contribution in [3.05, 3.63) is 12.4 Å². The fraction of sp³-hybridized carbons (Fsp3) is 0.615. The van der Waals surface area contributed by atoms with Crippen molar-refractivity contribution in [3.63, 3.8) is 0 Å². The topological polar surface area (TPSA) is 67.4 Å². The van der Waals surface area contributed by atoms with Gasteiger partial charge in [-0.25, -0.2) is 9.97 Å². The molecule has 1 saturated carbocycles. The van der Waals surface area contributed by atoms with E-state index in [-0.39, 0.29) is 0 Å². The van der Waals surface area contributed by atoms with E-state index in [2.05, 4.69) is 15.3 Å². The van der Waals surface area contributed by atoms with Crippen LogP contribution in [-0.4, -0.2) is 47.0 Å². The van der Waals surface area contributed by atoms with Crippen LogP contribution in [-0.2, 0) is 4.79 Å². The number of carbonyl (C=O) groups is 1. The Morgan fingerprint density at radius 1 is 1.42 bits per heavy atom. The molecule has 0 aromatic carbocycles. The van der Waals surface area contributed by atoms with Gasteiger partial charge in [-0.2, -0.15) is 0 Å². The summed E-state index contributed by atoms with van der Waals surface area (Å²) in [7, 11) is 1.57. The second-order valence-corrected chi connectivity index (χ2v) is 5.14. The van der Waals surface area contributed by atoms with Crippen LogP contribution in [0, 0.1) is 5.92 Å². The summed E-state index contributed by atoms with van der Waals surface area (Å²) >= 11 is 0. The summed E-state index contributed by atoms with van der Waals surface area (Å²) in [6, 6.07) is 0.517. The van der Waals surface area contributed by atoms with E-state index in [1.165, 1.54) is 12.8 Å². The van der Waals surface area contributed by atoms with Gasteiger partial charge in [-0.15, -0.1) is 0 Å². The number of rotatable bonds is 5. The first-order valence-electron chi connectivity index (χ1n) is 6.66. The number of nitrogens with one attached hydrogen (secondary N) is 1. The van der Waals surface area contributed by atoms with E-state index < -0.39 is 0 Å². The van der Waals surface area contributed by atoms with Crippen LogP contribution in [0.2, 0.25) is 0 Å². The predicted molar refractivity (Wildman–Crippen MR) is 69.9 cm³/mol. The molecule has 1 unspecified atom stereocenters. The molecule has 6 nitrogen and oxygen atoms in total. The zero-order valence-electron chi connectivity index (χ0n) is 11.0. The van der Waals surface area contributed by atoms with E-state index in [9.17, 15) is 4.79 Å². The first-order valence-corrected chi connectivity index (χ1v) is 6.66. The molecule has 2 aliphatic rings. The van der Waals surface area contributed by atoms with Crippen molar-refractivity contribution in [2.45, 2.75) is 25.3 Å². The summed E-state index contributed by atoms with van der Waals surface area (Å²) < 4.78 is 5.14. The fourth-order valence-electron chi connectivity index (χ4n) is 2.52. The van der Waals surface area contributed by atoms with E-state index in [0.717, 1.165) is 13.1 Å². The van der Waals surface area contributed by atoms with Crippen LogP contribution in [0.15, 0.2) is 12.4 Å². The molecule has 1 atom stereocenters. The minimum absolute atomic E-state index is 0.292. The zero-order valence-corrected chi connectivity index (χ0v) is 11.0. The lowest BCUT2D eigenvalue weighted by atomic mass is 10.1. The summed E-state index contributed by atoms with van der Waals surface area (Å²) in [4.78, 5) is 22.2. The quantitative estimate of drug-likeness (QED) is 0.854. The minimum Gasteiger partial charge on any atom is -0.478 e. The Morgan fingerprint density at radius 3 is 2.95 bits per heavy atom. The molecule has 0 spiro atoms. The first kappa shape index (κ1) is 12.2. The lowest BCUT2D eigenvalue weighted by molar-refractivity contribution is -0.128. The van der Waals surface area contributed by atoms with Gasteiger partial charge >= 0.3 is 0 Å². The van der Waals surface area contributed by atoms with Gasteiger partial charge < -0.3 is 15.0 Å². The van der Waals surface area contributed by atoms with Crippen LogP contribution in [0.3, 0.4) is 0 Å². The predicted octanol–water partition coefficient (Wildman–Crippen LogP) is 0.908. The van der Waals surface area contributed by atoms with Crippen molar-refractivity contribution in [3.8, 4) is 5.88 Å². The van der Waals surface area contributed by atoms with Crippen LogP contribution in [0.5, 0.6) is 5.88 Å². The molecule has 19 heavy (non-hydrogen) atoms. The van der Waals surface area contributed by atoms with Crippen molar-refractivity contribution in [2.75, 3.05) is 25.5 Å². The Morgan fingerprint density at radius 2 is 2.21 bits per heavy atom. The average Bonchev–Trinajstić information content (AvgIpc) is 3.21. The van der Waals surface area contributed by atoms with Crippen molar-refractivity contribution in [1.29, 1.82) is 0 Å². The smallest absolute Gasteiger partial charge is 0.257 e. The van der Waals surface area contributed by atoms with Crippen LogP contribution in [0.4, 0.5) is 5.82 Å². The summed E-state index contributed by atoms with van der Waals surface area (Å²) in [6.45, 7) is 1.59. The van der Waals surface area contributed by atoms with Gasteiger partial charge in [0, 0.05) is 43.9 Å². The van der Waals surface area contributed by atoms with Gasteiger partial charge in [0.1, 0.15) is 0 Å². The SMILES string of the molecule is COc1nccnc1NCC1CC(=O)N(C2CC2)C1. The molecule has 2 fully saturated rings. The number of nitrogens with zero attached hydrogens (tertiary/aromatic N) is 3. The number of methoxy groups -OCH3 is 1. The molecule has 1 aromatic heterocycles. The molecule has 3 rings (SSSR count). The number of hydrogen-bond acceptors (Lipinski definition) is 5. The standard InChI is InChI=1S/C13H18N4O2/c1-19-13-12(14-4-5-15-13)16-7-9-6-11(18)17(8-9)10-2-3-10/h4-5,9-10H,2-3,6-8H2,1H3,(H,14,16). The molecule has 2 heterocycles. The van der Waals surface area contributed by atoms with Gasteiger partial charge in [0.2, 0.25) is 5.91 Å². The molecule has 1 aromatic rings. The summed E-state index contributed by atoms with van der Waals surface area (Å²) in [5, 5.41) is 3.23. The number of aromatic nitrogens is 2. The van der Waals surface area contributed by atoms with Crippen molar-refractivity contribution in [2.24, 2.45) is 5.92 Å². The molecule has 1 N–H and O–H groups in total. The highest BCUT2D eigenvalue weighted by Gasteiger charge is 2.39. The summed E-state index contributed by atoms with van der Waals surface area (Å²) in [6.07, 6.45) is 6.19. The maximum Gasteiger partial charge on any atom is 0.257 e. The highest BCUT2D eigenvalue weighted by atomic mass is 16.5. The second kappa shape index (κ2) is 5.03. The van der Waals surface area contributed by atoms with Gasteiger partial charge in [-0.3, -0.25) is 4.79 Å². The molecule has 1 saturated heterocycles. The number of amides is 1. The third-order valence-corrected chi connectivity index (χ3v) is 3.64. The maximum atomic E-state index is 11.8. The van der Waals surface area contributed by atoms with Gasteiger partial charge in [0.25, 0.3) is 5.88 Å². The molecule has 6 heteroatoms. The van der Waals surface area contributed by atoms with Crippen LogP contribution in [0.1, 0.15) is 19.3 Å². The number of anilines is 1. The zero-order chi connectivity index (χ0) is 13.2. The average molecular weight is 262 g/mol. The Hall–Kier alpha value is -1.85. The van der Waals surface area contributed by atoms with E-state index in [1.54, 1.807) is 19.5 Å². The first-order chi connectivity index (χ1) is 9.28. The number of ether oxygens (including phenoxy) is 1. The van der Waals surface area contributed by atoms with E-state index >= 15 is 0 Å². The third-order valence-electron chi connectivity index (χ3n) is 3.64. The molecule has 1 amide bonds. The lowest BCUT2D eigenvalue weighted by Gasteiger charge is -2.16. The third kappa shape index (κ3) is 2.62. The number of carbonyl (C=O) groups excluding carboxylic acids is 1. The van der Waals surface area contributed by atoms with Gasteiger partial charge in [-0.1, -0.05) is 0 Å². The number of hydrogen-bond donors (Lipinski definition) is 1. The summed E-state index contributed by atoms with van der Waals surface area (Å²) in [5.41, 5.74) is 0. The fourth-order valence-corrected chi connectivity index (χ4v) is 2.52. The van der Waals surface area contributed by atoms with E-state index in [1.807, 2.05) is 4.90 Å². The van der Waals surface area contributed by atoms with Gasteiger partial charge in [-0.05, 0) is 12.8 Å². The highest BCUT2D eigenvalue weighted by molar-refractivity contribution is 5.79. The van der Waals surface area contributed by atoms with Crippen molar-refractivity contribution < 1.29 is 9.53 Å². The molecular weight excluding hydrogens is 244 g/mol.